The van der Waals surface area contributed by atoms with Gasteiger partial charge in [0.25, 0.3) is 11.5 Å². The first-order chi connectivity index (χ1) is 13.0. The number of benzene rings is 1. The summed E-state index contributed by atoms with van der Waals surface area (Å²) in [5.74, 6) is -0.0218. The molecule has 1 N–H and O–H groups in total. The molecule has 0 radical (unpaired) electrons. The van der Waals surface area contributed by atoms with E-state index >= 15 is 0 Å². The van der Waals surface area contributed by atoms with Crippen molar-refractivity contribution in [1.29, 1.82) is 0 Å². The van der Waals surface area contributed by atoms with Crippen LogP contribution in [0.1, 0.15) is 16.1 Å². The van der Waals surface area contributed by atoms with Gasteiger partial charge in [-0.2, -0.15) is 0 Å². The van der Waals surface area contributed by atoms with Crippen molar-refractivity contribution in [2.45, 2.75) is 6.92 Å². The number of rotatable bonds is 2. The second kappa shape index (κ2) is 6.53. The fourth-order valence-corrected chi connectivity index (χ4v) is 3.74. The van der Waals surface area contributed by atoms with Gasteiger partial charge in [-0.3, -0.25) is 9.59 Å². The smallest absolute Gasteiger partial charge is 0.290 e. The largest absolute Gasteiger partial charge is 0.348 e. The standard InChI is InChI=1S/C19H20FN5O2/c1-12-14-11-13(20)3-4-15(14)23(2)16(12)19(27)25-9-7-24(8-10-25)17-18(26)22-6-5-21-17/h3-6,11H,7-10H2,1-2H3,(H,22,26). The van der Waals surface area contributed by atoms with E-state index in [1.165, 1.54) is 18.3 Å². The van der Waals surface area contributed by atoms with Gasteiger partial charge in [0.15, 0.2) is 5.82 Å². The SMILES string of the molecule is Cc1c(C(=O)N2CCN(c3ncc[nH]c3=O)CC2)n(C)c2ccc(F)cc12. The van der Waals surface area contributed by atoms with Gasteiger partial charge in [-0.1, -0.05) is 0 Å². The molecule has 0 atom stereocenters. The van der Waals surface area contributed by atoms with Crippen molar-refractivity contribution in [1.82, 2.24) is 19.4 Å². The number of amides is 1. The lowest BCUT2D eigenvalue weighted by Crippen LogP contribution is -2.50. The molecule has 1 aliphatic rings. The minimum Gasteiger partial charge on any atom is -0.348 e. The summed E-state index contributed by atoms with van der Waals surface area (Å²) >= 11 is 0. The zero-order chi connectivity index (χ0) is 19.1. The van der Waals surface area contributed by atoms with Crippen molar-refractivity contribution >= 4 is 22.6 Å². The van der Waals surface area contributed by atoms with Crippen LogP contribution in [0.4, 0.5) is 10.2 Å². The van der Waals surface area contributed by atoms with Crippen LogP contribution in [-0.2, 0) is 7.05 Å². The molecule has 0 aliphatic carbocycles. The zero-order valence-electron chi connectivity index (χ0n) is 15.2. The van der Waals surface area contributed by atoms with Crippen LogP contribution in [0.3, 0.4) is 0 Å². The van der Waals surface area contributed by atoms with Crippen molar-refractivity contribution < 1.29 is 9.18 Å². The third kappa shape index (κ3) is 2.87. The van der Waals surface area contributed by atoms with Crippen LogP contribution in [0.2, 0.25) is 0 Å². The summed E-state index contributed by atoms with van der Waals surface area (Å²) in [5, 5.41) is 0.750. The molecule has 4 rings (SSSR count). The van der Waals surface area contributed by atoms with Crippen molar-refractivity contribution in [2.75, 3.05) is 31.1 Å². The molecule has 3 aromatic rings. The van der Waals surface area contributed by atoms with Gasteiger partial charge in [-0.15, -0.1) is 0 Å². The number of anilines is 1. The predicted molar refractivity (Wildman–Crippen MR) is 101 cm³/mol. The third-order valence-corrected chi connectivity index (χ3v) is 5.17. The number of aromatic amines is 1. The van der Waals surface area contributed by atoms with Crippen LogP contribution >= 0.6 is 0 Å². The highest BCUT2D eigenvalue weighted by atomic mass is 19.1. The lowest BCUT2D eigenvalue weighted by molar-refractivity contribution is 0.0736. The second-order valence-corrected chi connectivity index (χ2v) is 6.72. The van der Waals surface area contributed by atoms with Crippen molar-refractivity contribution in [2.24, 2.45) is 7.05 Å². The Morgan fingerprint density at radius 2 is 1.96 bits per heavy atom. The highest BCUT2D eigenvalue weighted by molar-refractivity contribution is 6.01. The maximum absolute atomic E-state index is 13.6. The zero-order valence-corrected chi connectivity index (χ0v) is 15.2. The second-order valence-electron chi connectivity index (χ2n) is 6.72. The van der Waals surface area contributed by atoms with E-state index in [4.69, 9.17) is 0 Å². The molecular formula is C19H20FN5O2. The topological polar surface area (TPSA) is 74.2 Å². The molecule has 27 heavy (non-hydrogen) atoms. The van der Waals surface area contributed by atoms with Crippen LogP contribution in [0.15, 0.2) is 35.4 Å². The van der Waals surface area contributed by atoms with Crippen molar-refractivity contribution in [3.63, 3.8) is 0 Å². The van der Waals surface area contributed by atoms with Crippen molar-refractivity contribution in [3.05, 3.63) is 58.0 Å². The van der Waals surface area contributed by atoms with E-state index in [0.29, 0.717) is 37.7 Å². The van der Waals surface area contributed by atoms with Gasteiger partial charge < -0.3 is 19.4 Å². The quantitative estimate of drug-likeness (QED) is 0.746. The van der Waals surface area contributed by atoms with E-state index in [0.717, 1.165) is 16.5 Å². The fourth-order valence-electron chi connectivity index (χ4n) is 3.74. The molecule has 0 spiro atoms. The molecule has 1 amide bonds. The molecule has 0 bridgehead atoms. The average Bonchev–Trinajstić information content (AvgIpc) is 2.92. The number of aromatic nitrogens is 3. The minimum atomic E-state index is -0.315. The van der Waals surface area contributed by atoms with Gasteiger partial charge >= 0.3 is 0 Å². The van der Waals surface area contributed by atoms with E-state index in [-0.39, 0.29) is 17.3 Å². The number of hydrogen-bond acceptors (Lipinski definition) is 4. The van der Waals surface area contributed by atoms with Crippen molar-refractivity contribution in [3.8, 4) is 0 Å². The molecule has 0 saturated carbocycles. The summed E-state index contributed by atoms with van der Waals surface area (Å²) in [7, 11) is 1.82. The number of fused-ring (bicyclic) bond motifs is 1. The summed E-state index contributed by atoms with van der Waals surface area (Å²) in [4.78, 5) is 35.4. The Kier molecular flexibility index (Phi) is 4.18. The molecule has 1 aromatic carbocycles. The number of nitrogens with zero attached hydrogens (tertiary/aromatic N) is 4. The van der Waals surface area contributed by atoms with Gasteiger partial charge in [-0.25, -0.2) is 9.37 Å². The molecule has 1 aliphatic heterocycles. The first-order valence-electron chi connectivity index (χ1n) is 8.80. The van der Waals surface area contributed by atoms with Crippen LogP contribution in [0.5, 0.6) is 0 Å². The maximum Gasteiger partial charge on any atom is 0.290 e. The Hall–Kier alpha value is -3.16. The Labute approximate surface area is 155 Å². The number of carbonyl (C=O) groups excluding carboxylic acids is 1. The molecular weight excluding hydrogens is 349 g/mol. The van der Waals surface area contributed by atoms with E-state index in [1.54, 1.807) is 17.2 Å². The highest BCUT2D eigenvalue weighted by Crippen LogP contribution is 2.27. The highest BCUT2D eigenvalue weighted by Gasteiger charge is 2.27. The lowest BCUT2D eigenvalue weighted by atomic mass is 10.1. The van der Waals surface area contributed by atoms with Gasteiger partial charge in [-0.05, 0) is 30.7 Å². The molecule has 2 aromatic heterocycles. The minimum absolute atomic E-state index is 0.0822. The van der Waals surface area contributed by atoms with Gasteiger partial charge in [0.1, 0.15) is 11.5 Å². The van der Waals surface area contributed by atoms with E-state index in [9.17, 15) is 14.0 Å². The van der Waals surface area contributed by atoms with Crippen LogP contribution in [-0.4, -0.2) is 51.5 Å². The number of hydrogen-bond donors (Lipinski definition) is 1. The Balaban J connectivity index is 1.58. The number of nitrogens with one attached hydrogen (secondary N) is 1. The summed E-state index contributed by atoms with van der Waals surface area (Å²) in [6.07, 6.45) is 3.05. The number of H-pyrrole nitrogens is 1. The number of carbonyl (C=O) groups is 1. The summed E-state index contributed by atoms with van der Waals surface area (Å²) in [5.41, 5.74) is 1.94. The summed E-state index contributed by atoms with van der Waals surface area (Å²) < 4.78 is 15.4. The van der Waals surface area contributed by atoms with Crippen LogP contribution < -0.4 is 10.5 Å². The first-order valence-corrected chi connectivity index (χ1v) is 8.80. The first kappa shape index (κ1) is 17.3. The van der Waals surface area contributed by atoms with Crippen LogP contribution in [0.25, 0.3) is 10.9 Å². The Bertz CT molecular complexity index is 1080. The normalized spacial score (nSPS) is 14.8. The van der Waals surface area contributed by atoms with E-state index in [1.807, 2.05) is 23.4 Å². The van der Waals surface area contributed by atoms with Gasteiger partial charge in [0.05, 0.1) is 0 Å². The molecule has 7 nitrogen and oxygen atoms in total. The van der Waals surface area contributed by atoms with Crippen LogP contribution in [0, 0.1) is 12.7 Å². The summed E-state index contributed by atoms with van der Waals surface area (Å²) in [6, 6.07) is 4.56. The lowest BCUT2D eigenvalue weighted by Gasteiger charge is -2.35. The molecule has 1 fully saturated rings. The maximum atomic E-state index is 13.6. The molecule has 8 heteroatoms. The Morgan fingerprint density at radius 3 is 2.67 bits per heavy atom. The average molecular weight is 369 g/mol. The van der Waals surface area contributed by atoms with E-state index < -0.39 is 0 Å². The third-order valence-electron chi connectivity index (χ3n) is 5.17. The molecule has 3 heterocycles. The van der Waals surface area contributed by atoms with Gasteiger partial charge in [0, 0.05) is 56.5 Å². The number of piperazine rings is 1. The molecule has 1 saturated heterocycles. The molecule has 140 valence electrons. The predicted octanol–water partition coefficient (Wildman–Crippen LogP) is 1.67. The summed E-state index contributed by atoms with van der Waals surface area (Å²) in [6.45, 7) is 3.89. The van der Waals surface area contributed by atoms with E-state index in [2.05, 4.69) is 9.97 Å². The number of aryl methyl sites for hydroxylation is 2. The Morgan fingerprint density at radius 1 is 1.22 bits per heavy atom. The van der Waals surface area contributed by atoms with Gasteiger partial charge in [0.2, 0.25) is 0 Å². The number of halogens is 1. The fraction of sp³-hybridized carbons (Fsp3) is 0.316. The molecule has 0 unspecified atom stereocenters. The monoisotopic (exact) mass is 369 g/mol.